The van der Waals surface area contributed by atoms with E-state index >= 15 is 0 Å². The molecule has 3 heterocycles. The highest BCUT2D eigenvalue weighted by atomic mass is 32.2. The number of nitrogens with zero attached hydrogens (tertiary/aromatic N) is 4. The first-order valence-electron chi connectivity index (χ1n) is 11.9. The smallest absolute Gasteiger partial charge is 0.242 e. The lowest BCUT2D eigenvalue weighted by molar-refractivity contribution is -0.132. The Kier molecular flexibility index (Phi) is 6.95. The van der Waals surface area contributed by atoms with E-state index in [1.807, 2.05) is 40.1 Å². The molecule has 0 bridgehead atoms. The van der Waals surface area contributed by atoms with Crippen LogP contribution in [-0.4, -0.2) is 53.6 Å². The second-order valence-corrected chi connectivity index (χ2v) is 9.80. The van der Waals surface area contributed by atoms with Gasteiger partial charge in [-0.1, -0.05) is 29.8 Å². The van der Waals surface area contributed by atoms with Gasteiger partial charge in [-0.3, -0.25) is 4.79 Å². The van der Waals surface area contributed by atoms with E-state index in [0.29, 0.717) is 6.54 Å². The summed E-state index contributed by atoms with van der Waals surface area (Å²) in [6, 6.07) is 20.8. The molecule has 0 unspecified atom stereocenters. The quantitative estimate of drug-likeness (QED) is 0.344. The van der Waals surface area contributed by atoms with Crippen LogP contribution in [0.25, 0.3) is 10.9 Å². The van der Waals surface area contributed by atoms with Crippen LogP contribution in [-0.2, 0) is 17.1 Å². The maximum Gasteiger partial charge on any atom is 0.242 e. The van der Waals surface area contributed by atoms with E-state index in [2.05, 4.69) is 59.3 Å². The molecule has 1 fully saturated rings. The molecule has 4 aromatic rings. The topological polar surface area (TPSA) is 50.6 Å². The summed E-state index contributed by atoms with van der Waals surface area (Å²) < 4.78 is 7.30. The molecule has 180 valence electrons. The summed E-state index contributed by atoms with van der Waals surface area (Å²) in [6.07, 6.45) is 3.85. The number of benzene rings is 2. The molecule has 0 atom stereocenters. The second-order valence-electron chi connectivity index (χ2n) is 8.83. The Labute approximate surface area is 210 Å². The van der Waals surface area contributed by atoms with Crippen LogP contribution in [0.2, 0.25) is 0 Å². The molecule has 5 rings (SSSR count). The highest BCUT2D eigenvalue weighted by molar-refractivity contribution is 7.98. The van der Waals surface area contributed by atoms with Gasteiger partial charge in [0.05, 0.1) is 12.6 Å². The summed E-state index contributed by atoms with van der Waals surface area (Å²) in [5.74, 6) is 1.88. The van der Waals surface area contributed by atoms with Crippen molar-refractivity contribution in [1.29, 1.82) is 0 Å². The number of amides is 1. The van der Waals surface area contributed by atoms with Gasteiger partial charge in [-0.25, -0.2) is 4.98 Å². The van der Waals surface area contributed by atoms with Crippen molar-refractivity contribution in [3.05, 3.63) is 84.2 Å². The zero-order valence-electron chi connectivity index (χ0n) is 20.2. The van der Waals surface area contributed by atoms with Crippen molar-refractivity contribution in [2.24, 2.45) is 0 Å². The molecule has 0 N–H and O–H groups in total. The van der Waals surface area contributed by atoms with Crippen molar-refractivity contribution >= 4 is 34.3 Å². The number of hydrogen-bond acceptors (Lipinski definition) is 5. The van der Waals surface area contributed by atoms with Crippen LogP contribution in [0.4, 0.5) is 5.69 Å². The minimum Gasteiger partial charge on any atom is -0.497 e. The van der Waals surface area contributed by atoms with Gasteiger partial charge in [-0.2, -0.15) is 0 Å². The summed E-state index contributed by atoms with van der Waals surface area (Å²) in [4.78, 5) is 22.0. The number of aromatic nitrogens is 2. The third-order valence-electron chi connectivity index (χ3n) is 6.53. The summed E-state index contributed by atoms with van der Waals surface area (Å²) >= 11 is 1.74. The second kappa shape index (κ2) is 10.4. The third kappa shape index (κ3) is 5.30. The molecule has 1 aliphatic heterocycles. The van der Waals surface area contributed by atoms with Gasteiger partial charge in [0.15, 0.2) is 0 Å². The average molecular weight is 487 g/mol. The predicted molar refractivity (Wildman–Crippen MR) is 142 cm³/mol. The SMILES string of the molecule is COc1ccc(N2CCN(C(=O)Cn3ccc4c(SCc5ccc(C)cc5)nccc43)CC2)cc1. The van der Waals surface area contributed by atoms with Gasteiger partial charge in [-0.15, -0.1) is 11.8 Å². The van der Waals surface area contributed by atoms with E-state index in [1.165, 1.54) is 11.1 Å². The normalized spacial score (nSPS) is 13.9. The maximum atomic E-state index is 13.1. The van der Waals surface area contributed by atoms with Gasteiger partial charge in [-0.05, 0) is 48.9 Å². The van der Waals surface area contributed by atoms with E-state index in [9.17, 15) is 4.79 Å². The molecular formula is C28H30N4O2S. The number of thioether (sulfide) groups is 1. The summed E-state index contributed by atoms with van der Waals surface area (Å²) in [6.45, 7) is 5.55. The fraction of sp³-hybridized carbons (Fsp3) is 0.286. The first kappa shape index (κ1) is 23.3. The maximum absolute atomic E-state index is 13.1. The molecule has 35 heavy (non-hydrogen) atoms. The number of rotatable bonds is 7. The van der Waals surface area contributed by atoms with Crippen LogP contribution in [0.15, 0.2) is 78.1 Å². The van der Waals surface area contributed by atoms with Crippen LogP contribution >= 0.6 is 11.8 Å². The van der Waals surface area contributed by atoms with E-state index < -0.39 is 0 Å². The lowest BCUT2D eigenvalue weighted by Crippen LogP contribution is -2.49. The Morgan fingerprint density at radius 3 is 2.43 bits per heavy atom. The largest absolute Gasteiger partial charge is 0.497 e. The van der Waals surface area contributed by atoms with E-state index in [0.717, 1.165) is 59.3 Å². The van der Waals surface area contributed by atoms with Crippen LogP contribution in [0, 0.1) is 6.92 Å². The van der Waals surface area contributed by atoms with Gasteiger partial charge < -0.3 is 19.1 Å². The molecule has 6 nitrogen and oxygen atoms in total. The molecule has 2 aromatic carbocycles. The highest BCUT2D eigenvalue weighted by Crippen LogP contribution is 2.29. The average Bonchev–Trinajstić information content (AvgIpc) is 3.32. The minimum absolute atomic E-state index is 0.155. The highest BCUT2D eigenvalue weighted by Gasteiger charge is 2.22. The molecule has 1 saturated heterocycles. The van der Waals surface area contributed by atoms with Crippen molar-refractivity contribution in [2.75, 3.05) is 38.2 Å². The number of aryl methyl sites for hydroxylation is 1. The number of methoxy groups -OCH3 is 1. The fourth-order valence-electron chi connectivity index (χ4n) is 4.44. The lowest BCUT2D eigenvalue weighted by Gasteiger charge is -2.36. The first-order chi connectivity index (χ1) is 17.1. The molecule has 2 aromatic heterocycles. The van der Waals surface area contributed by atoms with Crippen LogP contribution < -0.4 is 9.64 Å². The molecule has 7 heteroatoms. The first-order valence-corrected chi connectivity index (χ1v) is 12.9. The minimum atomic E-state index is 0.155. The Balaban J connectivity index is 1.20. The fourth-order valence-corrected chi connectivity index (χ4v) is 5.40. The summed E-state index contributed by atoms with van der Waals surface area (Å²) in [5, 5.41) is 2.10. The van der Waals surface area contributed by atoms with Gasteiger partial charge >= 0.3 is 0 Å². The molecule has 1 amide bonds. The van der Waals surface area contributed by atoms with Crippen molar-refractivity contribution in [2.45, 2.75) is 24.2 Å². The Hall–Kier alpha value is -3.45. The van der Waals surface area contributed by atoms with Crippen LogP contribution in [0.1, 0.15) is 11.1 Å². The summed E-state index contributed by atoms with van der Waals surface area (Å²) in [5.41, 5.74) is 4.76. The zero-order chi connectivity index (χ0) is 24.2. The Bertz CT molecular complexity index is 1290. The number of hydrogen-bond donors (Lipinski definition) is 0. The molecule has 0 aliphatic carbocycles. The molecule has 0 spiro atoms. The number of carbonyl (C=O) groups excluding carboxylic acids is 1. The number of carbonyl (C=O) groups is 1. The number of pyridine rings is 1. The Morgan fingerprint density at radius 2 is 1.71 bits per heavy atom. The number of anilines is 1. The predicted octanol–water partition coefficient (Wildman–Crippen LogP) is 4.99. The molecule has 1 aliphatic rings. The standard InChI is InChI=1S/C28H30N4O2S/c1-21-3-5-22(6-4-21)20-35-28-25-12-14-32(26(25)11-13-29-28)19-27(33)31-17-15-30(16-18-31)23-7-9-24(34-2)10-8-23/h3-14H,15-20H2,1-2H3. The summed E-state index contributed by atoms with van der Waals surface area (Å²) in [7, 11) is 1.68. The molecule has 0 radical (unpaired) electrons. The van der Waals surface area contributed by atoms with Crippen molar-refractivity contribution < 1.29 is 9.53 Å². The molecule has 0 saturated carbocycles. The van der Waals surface area contributed by atoms with E-state index in [4.69, 9.17) is 4.74 Å². The monoisotopic (exact) mass is 486 g/mol. The van der Waals surface area contributed by atoms with Crippen molar-refractivity contribution in [3.8, 4) is 5.75 Å². The third-order valence-corrected chi connectivity index (χ3v) is 7.61. The van der Waals surface area contributed by atoms with E-state index in [-0.39, 0.29) is 5.91 Å². The molecular weight excluding hydrogens is 456 g/mol. The van der Waals surface area contributed by atoms with Crippen molar-refractivity contribution in [3.63, 3.8) is 0 Å². The van der Waals surface area contributed by atoms with Gasteiger partial charge in [0, 0.05) is 55.4 Å². The Morgan fingerprint density at radius 1 is 0.971 bits per heavy atom. The van der Waals surface area contributed by atoms with Gasteiger partial charge in [0.25, 0.3) is 0 Å². The van der Waals surface area contributed by atoms with Gasteiger partial charge in [0.2, 0.25) is 5.91 Å². The number of ether oxygens (including phenoxy) is 1. The van der Waals surface area contributed by atoms with Crippen molar-refractivity contribution in [1.82, 2.24) is 14.5 Å². The van der Waals surface area contributed by atoms with Crippen LogP contribution in [0.3, 0.4) is 0 Å². The zero-order valence-corrected chi connectivity index (χ0v) is 21.0. The number of piperazine rings is 1. The lowest BCUT2D eigenvalue weighted by atomic mass is 10.2. The number of fused-ring (bicyclic) bond motifs is 1. The van der Waals surface area contributed by atoms with Gasteiger partial charge in [0.1, 0.15) is 17.3 Å². The van der Waals surface area contributed by atoms with Crippen LogP contribution in [0.5, 0.6) is 5.75 Å². The van der Waals surface area contributed by atoms with E-state index in [1.54, 1.807) is 18.9 Å².